The fourth-order valence-corrected chi connectivity index (χ4v) is 3.02. The van der Waals surface area contributed by atoms with Crippen molar-refractivity contribution in [1.29, 1.82) is 0 Å². The van der Waals surface area contributed by atoms with Crippen molar-refractivity contribution in [3.8, 4) is 0 Å². The highest BCUT2D eigenvalue weighted by molar-refractivity contribution is 8.77. The molecule has 5 heteroatoms. The highest BCUT2D eigenvalue weighted by atomic mass is 33.1. The Morgan fingerprint density at radius 1 is 1.44 bits per heavy atom. The first-order valence-corrected chi connectivity index (χ1v) is 7.99. The van der Waals surface area contributed by atoms with Gasteiger partial charge in [0.2, 0.25) is 0 Å². The van der Waals surface area contributed by atoms with Gasteiger partial charge >= 0.3 is 5.97 Å². The van der Waals surface area contributed by atoms with E-state index < -0.39 is 0 Å². The van der Waals surface area contributed by atoms with Crippen LogP contribution in [0.4, 0.5) is 0 Å². The van der Waals surface area contributed by atoms with Gasteiger partial charge < -0.3 is 4.74 Å². The molecule has 0 atom stereocenters. The smallest absolute Gasteiger partial charge is 0.308 e. The Hall–Kier alpha value is -0.680. The molecule has 0 radical (unpaired) electrons. The largest absolute Gasteiger partial charge is 0.464 e. The fraction of sp³-hybridized carbons (Fsp3) is 0.538. The molecular formula is C13H19NO2S2. The van der Waals surface area contributed by atoms with Crippen LogP contribution in [0.3, 0.4) is 0 Å². The summed E-state index contributed by atoms with van der Waals surface area (Å²) < 4.78 is 5.13. The van der Waals surface area contributed by atoms with Gasteiger partial charge in [0.05, 0.1) is 10.7 Å². The summed E-state index contributed by atoms with van der Waals surface area (Å²) >= 11 is 0. The van der Waals surface area contributed by atoms with Crippen LogP contribution in [0.15, 0.2) is 29.4 Å². The van der Waals surface area contributed by atoms with Gasteiger partial charge in [0, 0.05) is 6.20 Å². The minimum Gasteiger partial charge on any atom is -0.464 e. The maximum absolute atomic E-state index is 11.4. The molecule has 0 bridgehead atoms. The molecule has 1 aromatic rings. The van der Waals surface area contributed by atoms with Gasteiger partial charge in [0.1, 0.15) is 11.6 Å². The molecule has 1 rings (SSSR count). The Balaban J connectivity index is 2.38. The molecule has 0 aromatic carbocycles. The van der Waals surface area contributed by atoms with Crippen LogP contribution in [0.25, 0.3) is 0 Å². The van der Waals surface area contributed by atoms with Gasteiger partial charge in [-0.25, -0.2) is 4.98 Å². The van der Waals surface area contributed by atoms with Gasteiger partial charge in [-0.05, 0) is 36.8 Å². The van der Waals surface area contributed by atoms with Gasteiger partial charge in [-0.1, -0.05) is 30.7 Å². The molecule has 0 aliphatic heterocycles. The van der Waals surface area contributed by atoms with Crippen LogP contribution in [0, 0.1) is 5.92 Å². The summed E-state index contributed by atoms with van der Waals surface area (Å²) in [6.07, 6.45) is 1.77. The van der Waals surface area contributed by atoms with E-state index in [1.807, 2.05) is 32.0 Å². The molecule has 0 N–H and O–H groups in total. The zero-order valence-electron chi connectivity index (χ0n) is 11.2. The maximum atomic E-state index is 11.4. The molecule has 0 unspecified atom stereocenters. The number of esters is 1. The zero-order chi connectivity index (χ0) is 13.6. The molecule has 0 aliphatic rings. The number of rotatable bonds is 6. The molecule has 0 spiro atoms. The third kappa shape index (κ3) is 5.78. The Bertz CT molecular complexity index is 380. The average Bonchev–Trinajstić information content (AvgIpc) is 2.35. The summed E-state index contributed by atoms with van der Waals surface area (Å²) in [5.41, 5.74) is 0. The number of hydrogen-bond acceptors (Lipinski definition) is 5. The van der Waals surface area contributed by atoms with E-state index in [2.05, 4.69) is 18.8 Å². The van der Waals surface area contributed by atoms with Crippen molar-refractivity contribution in [2.75, 3.05) is 6.61 Å². The topological polar surface area (TPSA) is 39.2 Å². The Kier molecular flexibility index (Phi) is 6.02. The molecule has 0 saturated heterocycles. The first kappa shape index (κ1) is 15.4. The first-order chi connectivity index (χ1) is 8.41. The molecule has 0 amide bonds. The lowest BCUT2D eigenvalue weighted by atomic mass is 10.2. The molecule has 100 valence electrons. The Morgan fingerprint density at radius 2 is 2.17 bits per heavy atom. The van der Waals surface area contributed by atoms with Crippen LogP contribution in [-0.2, 0) is 9.53 Å². The predicted octanol–water partition coefficient (Wildman–Crippen LogP) is 3.80. The second-order valence-electron chi connectivity index (χ2n) is 4.86. The number of hydrogen-bond donors (Lipinski definition) is 0. The van der Waals surface area contributed by atoms with Gasteiger partial charge in [-0.2, -0.15) is 0 Å². The fourth-order valence-electron chi connectivity index (χ4n) is 0.988. The van der Waals surface area contributed by atoms with E-state index in [9.17, 15) is 4.79 Å². The van der Waals surface area contributed by atoms with Gasteiger partial charge in [-0.3, -0.25) is 4.79 Å². The van der Waals surface area contributed by atoms with Crippen LogP contribution < -0.4 is 0 Å². The van der Waals surface area contributed by atoms with E-state index in [0.29, 0.717) is 6.61 Å². The molecule has 18 heavy (non-hydrogen) atoms. The lowest BCUT2D eigenvalue weighted by Crippen LogP contribution is -2.25. The van der Waals surface area contributed by atoms with E-state index in [4.69, 9.17) is 4.74 Å². The summed E-state index contributed by atoms with van der Waals surface area (Å²) in [4.78, 5) is 15.7. The van der Waals surface area contributed by atoms with Crippen molar-refractivity contribution in [1.82, 2.24) is 4.98 Å². The Morgan fingerprint density at radius 3 is 2.72 bits per heavy atom. The minimum absolute atomic E-state index is 0.0748. The lowest BCUT2D eigenvalue weighted by molar-refractivity contribution is -0.147. The van der Waals surface area contributed by atoms with E-state index in [-0.39, 0.29) is 16.6 Å². The standard InChI is InChI=1S/C13H19NO2S2/c1-10(2)12(15)16-9-13(3,4)18-17-11-7-5-6-8-14-11/h5-8,10H,9H2,1-4H3. The highest BCUT2D eigenvalue weighted by Gasteiger charge is 2.23. The van der Waals surface area contributed by atoms with E-state index in [0.717, 1.165) is 5.03 Å². The lowest BCUT2D eigenvalue weighted by Gasteiger charge is -2.23. The normalized spacial score (nSPS) is 11.6. The van der Waals surface area contributed by atoms with Crippen molar-refractivity contribution < 1.29 is 9.53 Å². The van der Waals surface area contributed by atoms with Crippen molar-refractivity contribution in [2.24, 2.45) is 5.92 Å². The van der Waals surface area contributed by atoms with E-state index in [1.165, 1.54) is 0 Å². The monoisotopic (exact) mass is 285 g/mol. The van der Waals surface area contributed by atoms with Crippen molar-refractivity contribution >= 4 is 27.6 Å². The van der Waals surface area contributed by atoms with Gasteiger partial charge in [0.15, 0.2) is 0 Å². The summed E-state index contributed by atoms with van der Waals surface area (Å²) in [6.45, 7) is 8.20. The molecule has 0 saturated carbocycles. The van der Waals surface area contributed by atoms with Crippen molar-refractivity contribution in [3.63, 3.8) is 0 Å². The average molecular weight is 285 g/mol. The molecule has 0 aliphatic carbocycles. The Labute approximate surface area is 116 Å². The van der Waals surface area contributed by atoms with Crippen LogP contribution in [0.2, 0.25) is 0 Å². The van der Waals surface area contributed by atoms with Crippen LogP contribution in [0.1, 0.15) is 27.7 Å². The van der Waals surface area contributed by atoms with Crippen LogP contribution in [-0.4, -0.2) is 22.3 Å². The number of nitrogens with zero attached hydrogens (tertiary/aromatic N) is 1. The number of carbonyl (C=O) groups excluding carboxylic acids is 1. The van der Waals surface area contributed by atoms with E-state index >= 15 is 0 Å². The quantitative estimate of drug-likeness (QED) is 0.587. The predicted molar refractivity (Wildman–Crippen MR) is 77.6 cm³/mol. The molecule has 3 nitrogen and oxygen atoms in total. The third-order valence-corrected chi connectivity index (χ3v) is 5.20. The molecule has 1 heterocycles. The van der Waals surface area contributed by atoms with Crippen molar-refractivity contribution in [3.05, 3.63) is 24.4 Å². The summed E-state index contributed by atoms with van der Waals surface area (Å²) in [5, 5.41) is 0.964. The molecule has 1 aromatic heterocycles. The number of ether oxygens (including phenoxy) is 1. The highest BCUT2D eigenvalue weighted by Crippen LogP contribution is 2.39. The number of pyridine rings is 1. The maximum Gasteiger partial charge on any atom is 0.308 e. The van der Waals surface area contributed by atoms with Gasteiger partial charge in [-0.15, -0.1) is 0 Å². The summed E-state index contributed by atoms with van der Waals surface area (Å²) in [5.74, 6) is -0.222. The minimum atomic E-state index is -0.147. The SMILES string of the molecule is CC(C)C(=O)OCC(C)(C)SSc1ccccn1. The second-order valence-corrected chi connectivity index (χ2v) is 7.71. The number of aromatic nitrogens is 1. The van der Waals surface area contributed by atoms with Crippen LogP contribution in [0.5, 0.6) is 0 Å². The molecule has 0 fully saturated rings. The first-order valence-electron chi connectivity index (χ1n) is 5.84. The second kappa shape index (κ2) is 7.04. The number of carbonyl (C=O) groups is 1. The van der Waals surface area contributed by atoms with Crippen LogP contribution >= 0.6 is 21.6 Å². The molecular weight excluding hydrogens is 266 g/mol. The zero-order valence-corrected chi connectivity index (χ0v) is 12.8. The third-order valence-electron chi connectivity index (χ3n) is 2.02. The van der Waals surface area contributed by atoms with Crippen molar-refractivity contribution in [2.45, 2.75) is 37.5 Å². The summed E-state index contributed by atoms with van der Waals surface area (Å²) in [6, 6.07) is 5.82. The van der Waals surface area contributed by atoms with E-state index in [1.54, 1.807) is 27.8 Å². The summed E-state index contributed by atoms with van der Waals surface area (Å²) in [7, 11) is 3.26. The van der Waals surface area contributed by atoms with Gasteiger partial charge in [0.25, 0.3) is 0 Å².